The molecule has 3 heterocycles. The molecule has 290 valence electrons. The Morgan fingerprint density at radius 1 is 0.246 bits per heavy atom. The lowest BCUT2D eigenvalue weighted by atomic mass is 10.00. The number of aromatic nitrogens is 3. The van der Waals surface area contributed by atoms with Crippen LogP contribution in [0.2, 0.25) is 0 Å². The van der Waals surface area contributed by atoms with Gasteiger partial charge in [-0.3, -0.25) is 0 Å². The highest BCUT2D eigenvalue weighted by Gasteiger charge is 2.18. The van der Waals surface area contributed by atoms with E-state index in [-0.39, 0.29) is 0 Å². The first-order valence-electron chi connectivity index (χ1n) is 21.1. The lowest BCUT2D eigenvalue weighted by Gasteiger charge is -2.13. The summed E-state index contributed by atoms with van der Waals surface area (Å²) in [6.45, 7) is 4.00. The van der Waals surface area contributed by atoms with Gasteiger partial charge in [-0.15, -0.1) is 0 Å². The van der Waals surface area contributed by atoms with Crippen LogP contribution in [0.25, 0.3) is 105 Å². The Labute approximate surface area is 355 Å². The van der Waals surface area contributed by atoms with Crippen molar-refractivity contribution in [2.75, 3.05) is 0 Å². The van der Waals surface area contributed by atoms with Crippen molar-refractivity contribution >= 4 is 65.4 Å². The summed E-state index contributed by atoms with van der Waals surface area (Å²) in [5, 5.41) is 7.54. The highest BCUT2D eigenvalue weighted by molar-refractivity contribution is 6.13. The molecule has 0 amide bonds. The molecular weight excluding hydrogens is 739 g/mol. The topological polar surface area (TPSA) is 14.8 Å². The first kappa shape index (κ1) is 36.2. The van der Waals surface area contributed by atoms with Crippen molar-refractivity contribution in [1.82, 2.24) is 13.7 Å². The van der Waals surface area contributed by atoms with Gasteiger partial charge in [0.25, 0.3) is 0 Å². The average molecular weight is 782 g/mol. The molecular formula is C58H43N3. The Morgan fingerprint density at radius 2 is 0.590 bits per heavy atom. The van der Waals surface area contributed by atoms with Crippen LogP contribution in [0.4, 0.5) is 0 Å². The van der Waals surface area contributed by atoms with E-state index in [4.69, 9.17) is 0 Å². The summed E-state index contributed by atoms with van der Waals surface area (Å²) in [6, 6.07) is 77.5. The standard InChI is InChI=1S/C54H35N3.C4H8/c1-2-13-36(14-3-1)38-27-31-53-47(33-38)48-34-39(37-25-29-40(30-26-37)55-49-21-8-4-17-43(49)44-18-5-9-22-50(44)55)28-32-54(48)57(53)42-16-12-15-41(35-42)56-51-23-10-6-19-45(51)46-20-7-11-24-52(46)56;1-3-4-2/h1-35H;3-4H,1-2H3/b;4-3-. The van der Waals surface area contributed by atoms with E-state index in [9.17, 15) is 0 Å². The minimum Gasteiger partial charge on any atom is -0.309 e. The Kier molecular flexibility index (Phi) is 8.94. The fourth-order valence-electron chi connectivity index (χ4n) is 9.27. The lowest BCUT2D eigenvalue weighted by molar-refractivity contribution is 1.13. The predicted octanol–water partition coefficient (Wildman–Crippen LogP) is 15.9. The van der Waals surface area contributed by atoms with E-state index in [1.807, 2.05) is 26.0 Å². The first-order chi connectivity index (χ1) is 30.2. The van der Waals surface area contributed by atoms with Crippen molar-refractivity contribution in [3.63, 3.8) is 0 Å². The Hall–Kier alpha value is -7.88. The number of hydrogen-bond donors (Lipinski definition) is 0. The molecule has 0 atom stereocenters. The monoisotopic (exact) mass is 781 g/mol. The summed E-state index contributed by atoms with van der Waals surface area (Å²) >= 11 is 0. The third kappa shape index (κ3) is 6.05. The van der Waals surface area contributed by atoms with Gasteiger partial charge >= 0.3 is 0 Å². The van der Waals surface area contributed by atoms with Gasteiger partial charge in [0.1, 0.15) is 0 Å². The predicted molar refractivity (Wildman–Crippen MR) is 261 cm³/mol. The number of rotatable bonds is 5. The van der Waals surface area contributed by atoms with E-state index in [2.05, 4.69) is 226 Å². The van der Waals surface area contributed by atoms with Crippen LogP contribution in [-0.4, -0.2) is 13.7 Å². The second-order valence-electron chi connectivity index (χ2n) is 15.6. The van der Waals surface area contributed by atoms with E-state index in [0.717, 1.165) is 17.1 Å². The lowest BCUT2D eigenvalue weighted by Crippen LogP contribution is -1.98. The number of hydrogen-bond acceptors (Lipinski definition) is 0. The first-order valence-corrected chi connectivity index (χ1v) is 21.1. The molecule has 0 aliphatic heterocycles. The van der Waals surface area contributed by atoms with E-state index >= 15 is 0 Å². The fraction of sp³-hybridized carbons (Fsp3) is 0.0345. The molecule has 9 aromatic carbocycles. The van der Waals surface area contributed by atoms with Crippen LogP contribution < -0.4 is 0 Å². The van der Waals surface area contributed by atoms with Crippen LogP contribution in [0.15, 0.2) is 224 Å². The summed E-state index contributed by atoms with van der Waals surface area (Å²) in [7, 11) is 0. The second-order valence-corrected chi connectivity index (χ2v) is 15.6. The smallest absolute Gasteiger partial charge is 0.0541 e. The van der Waals surface area contributed by atoms with Gasteiger partial charge in [0.2, 0.25) is 0 Å². The Bertz CT molecular complexity index is 3490. The molecule has 0 aliphatic carbocycles. The zero-order chi connectivity index (χ0) is 40.9. The van der Waals surface area contributed by atoms with Crippen molar-refractivity contribution in [1.29, 1.82) is 0 Å². The highest BCUT2D eigenvalue weighted by Crippen LogP contribution is 2.39. The van der Waals surface area contributed by atoms with Crippen molar-refractivity contribution < 1.29 is 0 Å². The summed E-state index contributed by atoms with van der Waals surface area (Å²) in [4.78, 5) is 0. The molecule has 0 aliphatic rings. The third-order valence-corrected chi connectivity index (χ3v) is 12.2. The van der Waals surface area contributed by atoms with Crippen molar-refractivity contribution in [2.24, 2.45) is 0 Å². The number of allylic oxidation sites excluding steroid dienone is 2. The van der Waals surface area contributed by atoms with E-state index in [0.29, 0.717) is 0 Å². The van der Waals surface area contributed by atoms with Gasteiger partial charge in [-0.1, -0.05) is 146 Å². The molecule has 0 N–H and O–H groups in total. The van der Waals surface area contributed by atoms with Crippen LogP contribution >= 0.6 is 0 Å². The maximum absolute atomic E-state index is 2.44. The SMILES string of the molecule is C/C=C\C.c1ccc(-c2ccc3c(c2)c2cc(-c4ccc(-n5c6ccccc6c6ccccc65)cc4)ccc2n3-c2cccc(-n3c4ccccc4c4ccccc43)c2)cc1. The maximum atomic E-state index is 2.44. The molecule has 3 heteroatoms. The van der Waals surface area contributed by atoms with Crippen LogP contribution in [0.3, 0.4) is 0 Å². The van der Waals surface area contributed by atoms with Crippen LogP contribution in [0.1, 0.15) is 13.8 Å². The zero-order valence-electron chi connectivity index (χ0n) is 34.2. The molecule has 12 aromatic rings. The van der Waals surface area contributed by atoms with Gasteiger partial charge in [0.15, 0.2) is 0 Å². The average Bonchev–Trinajstić information content (AvgIpc) is 3.97. The van der Waals surface area contributed by atoms with Gasteiger partial charge in [-0.2, -0.15) is 0 Å². The second kappa shape index (κ2) is 15.1. The summed E-state index contributed by atoms with van der Waals surface area (Å²) in [6.07, 6.45) is 4.00. The molecule has 0 spiro atoms. The number of nitrogens with zero attached hydrogens (tertiary/aromatic N) is 3. The number of fused-ring (bicyclic) bond motifs is 9. The van der Waals surface area contributed by atoms with Crippen LogP contribution in [-0.2, 0) is 0 Å². The van der Waals surface area contributed by atoms with Crippen LogP contribution in [0.5, 0.6) is 0 Å². The van der Waals surface area contributed by atoms with Crippen LogP contribution in [0, 0.1) is 0 Å². The molecule has 0 radical (unpaired) electrons. The molecule has 0 bridgehead atoms. The molecule has 0 saturated heterocycles. The summed E-state index contributed by atoms with van der Waals surface area (Å²) in [5.41, 5.74) is 15.5. The Balaban J connectivity index is 0.00000101. The maximum Gasteiger partial charge on any atom is 0.0541 e. The summed E-state index contributed by atoms with van der Waals surface area (Å²) < 4.78 is 7.21. The zero-order valence-corrected chi connectivity index (χ0v) is 34.2. The summed E-state index contributed by atoms with van der Waals surface area (Å²) in [5.74, 6) is 0. The third-order valence-electron chi connectivity index (χ3n) is 12.2. The molecule has 12 rings (SSSR count). The largest absolute Gasteiger partial charge is 0.309 e. The van der Waals surface area contributed by atoms with Gasteiger partial charge in [-0.05, 0) is 115 Å². The quantitative estimate of drug-likeness (QED) is 0.155. The molecule has 0 fully saturated rings. The molecule has 61 heavy (non-hydrogen) atoms. The molecule has 0 unspecified atom stereocenters. The minimum atomic E-state index is 1.13. The van der Waals surface area contributed by atoms with Crippen molar-refractivity contribution in [2.45, 2.75) is 13.8 Å². The van der Waals surface area contributed by atoms with E-state index in [1.54, 1.807) is 0 Å². The van der Waals surface area contributed by atoms with Crippen molar-refractivity contribution in [3.05, 3.63) is 224 Å². The molecule has 3 aromatic heterocycles. The Morgan fingerprint density at radius 3 is 1.02 bits per heavy atom. The van der Waals surface area contributed by atoms with Gasteiger partial charge in [0, 0.05) is 49.4 Å². The highest BCUT2D eigenvalue weighted by atomic mass is 15.0. The molecule has 0 saturated carbocycles. The number of benzene rings is 9. The van der Waals surface area contributed by atoms with Gasteiger partial charge < -0.3 is 13.7 Å². The molecule has 3 nitrogen and oxygen atoms in total. The normalized spacial score (nSPS) is 11.7. The van der Waals surface area contributed by atoms with Gasteiger partial charge in [-0.25, -0.2) is 0 Å². The van der Waals surface area contributed by atoms with Crippen molar-refractivity contribution in [3.8, 4) is 39.3 Å². The fourth-order valence-corrected chi connectivity index (χ4v) is 9.27. The van der Waals surface area contributed by atoms with Gasteiger partial charge in [0.05, 0.1) is 33.1 Å². The van der Waals surface area contributed by atoms with E-state index in [1.165, 1.54) is 87.7 Å². The number of para-hydroxylation sites is 4. The van der Waals surface area contributed by atoms with E-state index < -0.39 is 0 Å². The minimum absolute atomic E-state index is 1.13.